The molecule has 5 aromatic rings. The summed E-state index contributed by atoms with van der Waals surface area (Å²) in [6.45, 7) is 0.238. The first kappa shape index (κ1) is 18.6. The van der Waals surface area contributed by atoms with Gasteiger partial charge in [0, 0.05) is 17.8 Å². The van der Waals surface area contributed by atoms with Crippen LogP contribution >= 0.6 is 0 Å². The van der Waals surface area contributed by atoms with Crippen molar-refractivity contribution in [1.82, 2.24) is 24.9 Å². The maximum absolute atomic E-state index is 12.5. The number of urea groups is 1. The molecule has 3 heterocycles. The third-order valence-corrected chi connectivity index (χ3v) is 4.73. The molecule has 0 atom stereocenters. The summed E-state index contributed by atoms with van der Waals surface area (Å²) in [5.41, 5.74) is 2.11. The lowest BCUT2D eigenvalue weighted by Gasteiger charge is -2.11. The Morgan fingerprint density at radius 2 is 1.81 bits per heavy atom. The lowest BCUT2D eigenvalue weighted by Crippen LogP contribution is -2.29. The molecule has 0 aliphatic carbocycles. The van der Waals surface area contributed by atoms with Gasteiger partial charge in [-0.1, -0.05) is 24.3 Å². The topological polar surface area (TPSA) is 93.4 Å². The van der Waals surface area contributed by atoms with Gasteiger partial charge in [-0.15, -0.1) is 10.2 Å². The Morgan fingerprint density at radius 1 is 0.935 bits per heavy atom. The number of amides is 2. The summed E-state index contributed by atoms with van der Waals surface area (Å²) >= 11 is 0. The van der Waals surface area contributed by atoms with E-state index in [0.717, 1.165) is 22.3 Å². The average molecular weight is 410 g/mol. The molecule has 0 aliphatic heterocycles. The standard InChI is InChI=1S/C23H18N6O2/c30-23(25-15-22-28-27-21-8-4-5-13-29(21)22)26-20-11-12-24-19-10-9-17(14-18(19)20)31-16-6-2-1-3-7-16/h1-14H,15H2,(H2,24,25,26,30). The van der Waals surface area contributed by atoms with Gasteiger partial charge >= 0.3 is 6.03 Å². The molecule has 0 bridgehead atoms. The average Bonchev–Trinajstić information content (AvgIpc) is 3.22. The van der Waals surface area contributed by atoms with Gasteiger partial charge in [0.05, 0.1) is 17.7 Å². The number of fused-ring (bicyclic) bond motifs is 2. The second kappa shape index (κ2) is 8.11. The zero-order valence-electron chi connectivity index (χ0n) is 16.4. The fourth-order valence-corrected chi connectivity index (χ4v) is 3.26. The fourth-order valence-electron chi connectivity index (χ4n) is 3.26. The highest BCUT2D eigenvalue weighted by molar-refractivity contribution is 6.00. The largest absolute Gasteiger partial charge is 0.457 e. The normalized spacial score (nSPS) is 10.8. The van der Waals surface area contributed by atoms with Crippen LogP contribution in [-0.2, 0) is 6.54 Å². The molecule has 0 radical (unpaired) electrons. The molecule has 31 heavy (non-hydrogen) atoms. The van der Waals surface area contributed by atoms with Crippen molar-refractivity contribution < 1.29 is 9.53 Å². The van der Waals surface area contributed by atoms with Crippen molar-refractivity contribution in [3.8, 4) is 11.5 Å². The summed E-state index contributed by atoms with van der Waals surface area (Å²) in [7, 11) is 0. The molecule has 3 aromatic heterocycles. The van der Waals surface area contributed by atoms with Crippen LogP contribution in [0.15, 0.2) is 85.2 Å². The molecule has 5 rings (SSSR count). The van der Waals surface area contributed by atoms with Crippen LogP contribution in [-0.4, -0.2) is 25.6 Å². The second-order valence-corrected chi connectivity index (χ2v) is 6.81. The van der Waals surface area contributed by atoms with Crippen molar-refractivity contribution in [2.24, 2.45) is 0 Å². The molecule has 2 amide bonds. The predicted octanol–water partition coefficient (Wildman–Crippen LogP) is 4.39. The number of ether oxygens (including phenoxy) is 1. The van der Waals surface area contributed by atoms with E-state index in [-0.39, 0.29) is 12.6 Å². The van der Waals surface area contributed by atoms with E-state index < -0.39 is 0 Å². The monoisotopic (exact) mass is 410 g/mol. The van der Waals surface area contributed by atoms with Gasteiger partial charge in [-0.25, -0.2) is 4.79 Å². The van der Waals surface area contributed by atoms with E-state index in [2.05, 4.69) is 25.8 Å². The molecule has 2 N–H and O–H groups in total. The van der Waals surface area contributed by atoms with Crippen molar-refractivity contribution in [3.63, 3.8) is 0 Å². The summed E-state index contributed by atoms with van der Waals surface area (Å²) in [5.74, 6) is 2.03. The van der Waals surface area contributed by atoms with Crippen LogP contribution < -0.4 is 15.4 Å². The van der Waals surface area contributed by atoms with E-state index >= 15 is 0 Å². The highest BCUT2D eigenvalue weighted by Gasteiger charge is 2.10. The molecule has 8 nitrogen and oxygen atoms in total. The highest BCUT2D eigenvalue weighted by atomic mass is 16.5. The Bertz CT molecular complexity index is 1370. The molecule has 0 saturated heterocycles. The van der Waals surface area contributed by atoms with Crippen LogP contribution in [0.5, 0.6) is 11.5 Å². The first-order valence-corrected chi connectivity index (χ1v) is 9.71. The Labute approximate surface area is 177 Å². The van der Waals surface area contributed by atoms with Crippen LogP contribution in [0.3, 0.4) is 0 Å². The Kier molecular flexibility index (Phi) is 4.86. The summed E-state index contributed by atoms with van der Waals surface area (Å²) in [4.78, 5) is 16.9. The summed E-state index contributed by atoms with van der Waals surface area (Å²) < 4.78 is 7.74. The first-order valence-electron chi connectivity index (χ1n) is 9.71. The second-order valence-electron chi connectivity index (χ2n) is 6.81. The molecular weight excluding hydrogens is 392 g/mol. The van der Waals surface area contributed by atoms with Gasteiger partial charge in [0.15, 0.2) is 11.5 Å². The van der Waals surface area contributed by atoms with E-state index in [1.54, 1.807) is 12.3 Å². The van der Waals surface area contributed by atoms with Gasteiger partial charge in [0.1, 0.15) is 11.5 Å². The Hall–Kier alpha value is -4.46. The van der Waals surface area contributed by atoms with Gasteiger partial charge in [0.2, 0.25) is 0 Å². The van der Waals surface area contributed by atoms with Crippen molar-refractivity contribution in [2.75, 3.05) is 5.32 Å². The third-order valence-electron chi connectivity index (χ3n) is 4.73. The van der Waals surface area contributed by atoms with Gasteiger partial charge in [0.25, 0.3) is 0 Å². The minimum atomic E-state index is -0.352. The van der Waals surface area contributed by atoms with Crippen molar-refractivity contribution in [2.45, 2.75) is 6.54 Å². The van der Waals surface area contributed by atoms with E-state index in [1.165, 1.54) is 0 Å². The number of aromatic nitrogens is 4. The maximum atomic E-state index is 12.5. The molecule has 152 valence electrons. The number of hydrogen-bond acceptors (Lipinski definition) is 5. The molecule has 0 aliphatic rings. The summed E-state index contributed by atoms with van der Waals surface area (Å²) in [6, 6.07) is 22.1. The Balaban J connectivity index is 1.33. The van der Waals surface area contributed by atoms with Crippen molar-refractivity contribution >= 4 is 28.3 Å². The Morgan fingerprint density at radius 3 is 2.71 bits per heavy atom. The van der Waals surface area contributed by atoms with E-state index in [9.17, 15) is 4.79 Å². The quantitative estimate of drug-likeness (QED) is 0.448. The number of nitrogens with zero attached hydrogens (tertiary/aromatic N) is 4. The number of para-hydroxylation sites is 1. The molecule has 0 saturated carbocycles. The zero-order chi connectivity index (χ0) is 21.0. The van der Waals surface area contributed by atoms with Gasteiger partial charge < -0.3 is 15.4 Å². The summed E-state index contributed by atoms with van der Waals surface area (Å²) in [6.07, 6.45) is 3.51. The zero-order valence-corrected chi connectivity index (χ0v) is 16.4. The van der Waals surface area contributed by atoms with Crippen LogP contribution in [0, 0.1) is 0 Å². The van der Waals surface area contributed by atoms with Crippen LogP contribution in [0.2, 0.25) is 0 Å². The minimum absolute atomic E-state index is 0.238. The van der Waals surface area contributed by atoms with Crippen molar-refractivity contribution in [1.29, 1.82) is 0 Å². The molecule has 0 spiro atoms. The maximum Gasteiger partial charge on any atom is 0.319 e. The number of rotatable bonds is 5. The molecule has 0 fully saturated rings. The number of carbonyl (C=O) groups is 1. The summed E-state index contributed by atoms with van der Waals surface area (Å²) in [5, 5.41) is 14.7. The molecular formula is C23H18N6O2. The van der Waals surface area contributed by atoms with E-state index in [4.69, 9.17) is 4.74 Å². The predicted molar refractivity (Wildman–Crippen MR) is 117 cm³/mol. The molecule has 2 aromatic carbocycles. The number of pyridine rings is 2. The highest BCUT2D eigenvalue weighted by Crippen LogP contribution is 2.28. The smallest absolute Gasteiger partial charge is 0.319 e. The van der Waals surface area contributed by atoms with Crippen LogP contribution in [0.4, 0.5) is 10.5 Å². The minimum Gasteiger partial charge on any atom is -0.457 e. The van der Waals surface area contributed by atoms with Crippen LogP contribution in [0.1, 0.15) is 5.82 Å². The number of anilines is 1. The van der Waals surface area contributed by atoms with E-state index in [1.807, 2.05) is 77.3 Å². The van der Waals surface area contributed by atoms with Crippen molar-refractivity contribution in [3.05, 3.63) is 91.0 Å². The number of benzene rings is 2. The van der Waals surface area contributed by atoms with Gasteiger partial charge in [-0.3, -0.25) is 9.38 Å². The van der Waals surface area contributed by atoms with Gasteiger partial charge in [-0.2, -0.15) is 0 Å². The lowest BCUT2D eigenvalue weighted by molar-refractivity contribution is 0.251. The first-order chi connectivity index (χ1) is 15.3. The fraction of sp³-hybridized carbons (Fsp3) is 0.0435. The number of carbonyl (C=O) groups excluding carboxylic acids is 1. The lowest BCUT2D eigenvalue weighted by atomic mass is 10.2. The SMILES string of the molecule is O=C(NCc1nnc2ccccn12)Nc1ccnc2ccc(Oc3ccccc3)cc12. The van der Waals surface area contributed by atoms with Gasteiger partial charge in [-0.05, 0) is 48.5 Å². The number of nitrogens with one attached hydrogen (secondary N) is 2. The molecule has 0 unspecified atom stereocenters. The molecule has 8 heteroatoms. The third kappa shape index (κ3) is 3.99. The van der Waals surface area contributed by atoms with E-state index in [0.29, 0.717) is 17.3 Å². The van der Waals surface area contributed by atoms with Crippen LogP contribution in [0.25, 0.3) is 16.6 Å². The number of hydrogen-bond donors (Lipinski definition) is 2.